The third-order valence-corrected chi connectivity index (χ3v) is 4.96. The zero-order valence-corrected chi connectivity index (χ0v) is 15.7. The molecule has 25 heavy (non-hydrogen) atoms. The maximum absolute atomic E-state index is 5.97. The minimum atomic E-state index is 0.714. The Bertz CT molecular complexity index is 859. The summed E-state index contributed by atoms with van der Waals surface area (Å²) in [6.45, 7) is 0. The quantitative estimate of drug-likeness (QED) is 0.218. The van der Waals surface area contributed by atoms with Gasteiger partial charge in [-0.1, -0.05) is 84.1 Å². The largest absolute Gasteiger partial charge is 0.350 e. The fourth-order valence-corrected chi connectivity index (χ4v) is 3.53. The standard InChI is InChI=1S/C21H16ClNS2/c22-17-11-13-18(14-12-17)23-21(25-19-9-5-2-6-10-19)15-20(24)16-7-3-1-4-8-16/h1-15,23H/b21-15+. The fourth-order valence-electron chi connectivity index (χ4n) is 2.19. The number of rotatable bonds is 6. The highest BCUT2D eigenvalue weighted by molar-refractivity contribution is 8.03. The molecule has 0 aliphatic rings. The summed E-state index contributed by atoms with van der Waals surface area (Å²) in [5.74, 6) is 0. The minimum absolute atomic E-state index is 0.714. The highest BCUT2D eigenvalue weighted by Crippen LogP contribution is 2.28. The lowest BCUT2D eigenvalue weighted by Gasteiger charge is -2.12. The monoisotopic (exact) mass is 381 g/mol. The van der Waals surface area contributed by atoms with Crippen molar-refractivity contribution in [1.82, 2.24) is 0 Å². The van der Waals surface area contributed by atoms with Crippen LogP contribution in [0.4, 0.5) is 5.69 Å². The molecule has 0 saturated heterocycles. The Kier molecular flexibility index (Phi) is 6.29. The van der Waals surface area contributed by atoms with Crippen molar-refractivity contribution in [3.05, 3.63) is 107 Å². The van der Waals surface area contributed by atoms with E-state index in [1.54, 1.807) is 11.8 Å². The summed E-state index contributed by atoms with van der Waals surface area (Å²) < 4.78 is 0. The van der Waals surface area contributed by atoms with E-state index in [0.29, 0.717) is 5.02 Å². The molecule has 4 heteroatoms. The average Bonchev–Trinajstić information content (AvgIpc) is 2.65. The van der Waals surface area contributed by atoms with Crippen LogP contribution in [0, 0.1) is 0 Å². The van der Waals surface area contributed by atoms with Gasteiger partial charge >= 0.3 is 0 Å². The topological polar surface area (TPSA) is 12.0 Å². The average molecular weight is 382 g/mol. The Morgan fingerprint density at radius 2 is 1.44 bits per heavy atom. The van der Waals surface area contributed by atoms with Crippen LogP contribution in [0.25, 0.3) is 0 Å². The highest BCUT2D eigenvalue weighted by Gasteiger charge is 2.05. The first-order valence-electron chi connectivity index (χ1n) is 7.77. The van der Waals surface area contributed by atoms with Crippen molar-refractivity contribution in [1.29, 1.82) is 0 Å². The molecular formula is C21H16ClNS2. The smallest absolute Gasteiger partial charge is 0.0788 e. The molecule has 0 aliphatic heterocycles. The second-order valence-corrected chi connectivity index (χ2v) is 7.28. The van der Waals surface area contributed by atoms with Crippen molar-refractivity contribution >= 4 is 46.1 Å². The summed E-state index contributed by atoms with van der Waals surface area (Å²) in [6, 6.07) is 27.9. The van der Waals surface area contributed by atoms with Gasteiger partial charge in [-0.2, -0.15) is 0 Å². The van der Waals surface area contributed by atoms with E-state index < -0.39 is 0 Å². The number of hydrogen-bond acceptors (Lipinski definition) is 3. The first-order valence-corrected chi connectivity index (χ1v) is 9.37. The molecule has 0 radical (unpaired) electrons. The van der Waals surface area contributed by atoms with Crippen LogP contribution >= 0.6 is 35.6 Å². The molecule has 3 aromatic carbocycles. The van der Waals surface area contributed by atoms with Crippen LogP contribution in [0.15, 0.2) is 101 Å². The van der Waals surface area contributed by atoms with E-state index in [2.05, 4.69) is 17.4 Å². The molecule has 1 nitrogen and oxygen atoms in total. The van der Waals surface area contributed by atoms with Crippen LogP contribution in [0.3, 0.4) is 0 Å². The fraction of sp³-hybridized carbons (Fsp3) is 0. The maximum Gasteiger partial charge on any atom is 0.0788 e. The molecule has 0 heterocycles. The van der Waals surface area contributed by atoms with Crippen LogP contribution in [-0.4, -0.2) is 4.86 Å². The van der Waals surface area contributed by atoms with Gasteiger partial charge in [0.1, 0.15) is 0 Å². The number of halogens is 1. The summed E-state index contributed by atoms with van der Waals surface area (Å²) in [5.41, 5.74) is 2.00. The molecule has 0 atom stereocenters. The van der Waals surface area contributed by atoms with Crippen LogP contribution in [0.2, 0.25) is 5.02 Å². The van der Waals surface area contributed by atoms with Crippen molar-refractivity contribution < 1.29 is 0 Å². The zero-order valence-electron chi connectivity index (χ0n) is 13.4. The molecule has 3 rings (SSSR count). The molecule has 0 aromatic heterocycles. The van der Waals surface area contributed by atoms with Crippen molar-refractivity contribution in [2.24, 2.45) is 0 Å². The summed E-state index contributed by atoms with van der Waals surface area (Å²) in [5, 5.41) is 5.11. The minimum Gasteiger partial charge on any atom is -0.350 e. The van der Waals surface area contributed by atoms with Gasteiger partial charge in [0, 0.05) is 20.5 Å². The number of benzene rings is 3. The Labute approximate surface area is 162 Å². The maximum atomic E-state index is 5.97. The predicted octanol–water partition coefficient (Wildman–Crippen LogP) is 6.80. The molecular weight excluding hydrogens is 366 g/mol. The third-order valence-electron chi connectivity index (χ3n) is 3.40. The normalized spacial score (nSPS) is 11.2. The third kappa shape index (κ3) is 5.46. The van der Waals surface area contributed by atoms with Crippen LogP contribution in [0.1, 0.15) is 5.56 Å². The van der Waals surface area contributed by atoms with E-state index in [-0.39, 0.29) is 0 Å². The Hall–Kier alpha value is -2.07. The second kappa shape index (κ2) is 8.86. The van der Waals surface area contributed by atoms with Crippen LogP contribution < -0.4 is 5.32 Å². The van der Waals surface area contributed by atoms with Crippen molar-refractivity contribution in [2.75, 3.05) is 5.32 Å². The summed E-state index contributed by atoms with van der Waals surface area (Å²) in [6.07, 6.45) is 2.00. The molecule has 0 unspecified atom stereocenters. The van der Waals surface area contributed by atoms with Crippen molar-refractivity contribution in [2.45, 2.75) is 4.90 Å². The first kappa shape index (κ1) is 17.7. The van der Waals surface area contributed by atoms with Gasteiger partial charge in [-0.25, -0.2) is 0 Å². The number of anilines is 1. The molecule has 0 amide bonds. The van der Waals surface area contributed by atoms with Gasteiger partial charge in [-0.05, 0) is 48.0 Å². The molecule has 124 valence electrons. The number of thioether (sulfide) groups is 1. The number of nitrogens with one attached hydrogen (secondary N) is 1. The van der Waals surface area contributed by atoms with E-state index in [4.69, 9.17) is 23.8 Å². The number of thiocarbonyl (C=S) groups is 1. The van der Waals surface area contributed by atoms with E-state index in [0.717, 1.165) is 26.0 Å². The Balaban J connectivity index is 1.86. The van der Waals surface area contributed by atoms with Gasteiger partial charge in [0.15, 0.2) is 0 Å². The van der Waals surface area contributed by atoms with E-state index in [1.165, 1.54) is 0 Å². The summed E-state index contributed by atoms with van der Waals surface area (Å²) >= 11 is 13.2. The van der Waals surface area contributed by atoms with Crippen LogP contribution in [-0.2, 0) is 0 Å². The van der Waals surface area contributed by atoms with Gasteiger partial charge in [-0.15, -0.1) is 0 Å². The SMILES string of the molecule is S=C(/C=C(\Nc1ccc(Cl)cc1)Sc1ccccc1)c1ccccc1. The predicted molar refractivity (Wildman–Crippen MR) is 114 cm³/mol. The van der Waals surface area contributed by atoms with Crippen molar-refractivity contribution in [3.63, 3.8) is 0 Å². The molecule has 0 spiro atoms. The molecule has 3 aromatic rings. The Morgan fingerprint density at radius 1 is 0.840 bits per heavy atom. The lowest BCUT2D eigenvalue weighted by atomic mass is 10.1. The van der Waals surface area contributed by atoms with Crippen LogP contribution in [0.5, 0.6) is 0 Å². The van der Waals surface area contributed by atoms with Gasteiger partial charge in [-0.3, -0.25) is 0 Å². The number of hydrogen-bond donors (Lipinski definition) is 1. The first-order chi connectivity index (χ1) is 12.2. The molecule has 0 fully saturated rings. The lowest BCUT2D eigenvalue weighted by molar-refractivity contribution is 1.46. The highest BCUT2D eigenvalue weighted by atomic mass is 35.5. The summed E-state index contributed by atoms with van der Waals surface area (Å²) in [4.78, 5) is 1.94. The number of allylic oxidation sites excluding steroid dienone is 1. The second-order valence-electron chi connectivity index (χ2n) is 5.29. The van der Waals surface area contributed by atoms with E-state index in [1.807, 2.05) is 78.9 Å². The summed E-state index contributed by atoms with van der Waals surface area (Å²) in [7, 11) is 0. The van der Waals surface area contributed by atoms with E-state index in [9.17, 15) is 0 Å². The van der Waals surface area contributed by atoms with Gasteiger partial charge < -0.3 is 5.32 Å². The zero-order chi connectivity index (χ0) is 17.5. The molecule has 0 aliphatic carbocycles. The van der Waals surface area contributed by atoms with Gasteiger partial charge in [0.05, 0.1) is 5.03 Å². The van der Waals surface area contributed by atoms with Gasteiger partial charge in [0.25, 0.3) is 0 Å². The Morgan fingerprint density at radius 3 is 2.08 bits per heavy atom. The van der Waals surface area contributed by atoms with E-state index >= 15 is 0 Å². The molecule has 1 N–H and O–H groups in total. The molecule has 0 bridgehead atoms. The van der Waals surface area contributed by atoms with Crippen molar-refractivity contribution in [3.8, 4) is 0 Å². The molecule has 0 saturated carbocycles. The lowest BCUT2D eigenvalue weighted by Crippen LogP contribution is -2.01. The van der Waals surface area contributed by atoms with Gasteiger partial charge in [0.2, 0.25) is 0 Å².